The van der Waals surface area contributed by atoms with E-state index in [-0.39, 0.29) is 28.3 Å². The number of hydrogen-bond donors (Lipinski definition) is 0. The Morgan fingerprint density at radius 2 is 1.88 bits per heavy atom. The van der Waals surface area contributed by atoms with E-state index in [1.54, 1.807) is 25.1 Å². The van der Waals surface area contributed by atoms with Crippen molar-refractivity contribution >= 4 is 9.84 Å². The molecule has 0 aliphatic carbocycles. The molecule has 0 spiro atoms. The molecule has 0 atom stereocenters. The monoisotopic (exact) mass is 382 g/mol. The molecule has 3 aromatic rings. The van der Waals surface area contributed by atoms with Gasteiger partial charge in [-0.1, -0.05) is 11.2 Å². The predicted octanol–water partition coefficient (Wildman–Crippen LogP) is 3.86. The van der Waals surface area contributed by atoms with E-state index in [0.29, 0.717) is 17.8 Å². The van der Waals surface area contributed by atoms with Crippen molar-refractivity contribution in [3.05, 3.63) is 53.4 Å². The average Bonchev–Trinajstić information content (AvgIpc) is 2.99. The van der Waals surface area contributed by atoms with Crippen molar-refractivity contribution in [2.24, 2.45) is 0 Å². The third-order valence-corrected chi connectivity index (χ3v) is 4.82. The fraction of sp³-hybridized carbons (Fsp3) is 0.176. The highest BCUT2D eigenvalue weighted by atomic mass is 32.2. The number of benzene rings is 1. The number of rotatable bonds is 4. The molecule has 0 unspecified atom stereocenters. The van der Waals surface area contributed by atoms with Gasteiger partial charge in [-0.2, -0.15) is 0 Å². The third-order valence-electron chi connectivity index (χ3n) is 3.71. The Bertz CT molecular complexity index is 1090. The lowest BCUT2D eigenvalue weighted by Gasteiger charge is -2.08. The molecule has 5 nitrogen and oxygen atoms in total. The van der Waals surface area contributed by atoms with Crippen molar-refractivity contribution < 1.29 is 26.1 Å². The summed E-state index contributed by atoms with van der Waals surface area (Å²) in [5.74, 6) is -2.51. The minimum Gasteiger partial charge on any atom is -0.357 e. The highest BCUT2D eigenvalue weighted by molar-refractivity contribution is 7.90. The first-order chi connectivity index (χ1) is 12.2. The van der Waals surface area contributed by atoms with Crippen LogP contribution in [0.2, 0.25) is 0 Å². The summed E-state index contributed by atoms with van der Waals surface area (Å²) in [6.07, 6.45) is 0.763. The summed E-state index contributed by atoms with van der Waals surface area (Å²) in [5.41, 5.74) is 0.490. The molecule has 2 heterocycles. The number of nitrogens with zero attached hydrogens (tertiary/aromatic N) is 2. The van der Waals surface area contributed by atoms with Crippen molar-refractivity contribution in [2.45, 2.75) is 18.5 Å². The summed E-state index contributed by atoms with van der Waals surface area (Å²) < 4.78 is 70.1. The molecule has 0 amide bonds. The maximum atomic E-state index is 14.6. The summed E-state index contributed by atoms with van der Waals surface area (Å²) in [6.45, 7) is 0.615. The Hall–Kier alpha value is -2.68. The Morgan fingerprint density at radius 1 is 1.15 bits per heavy atom. The highest BCUT2D eigenvalue weighted by Gasteiger charge is 2.26. The number of sulfone groups is 1. The van der Waals surface area contributed by atoms with Crippen LogP contribution in [0.25, 0.3) is 22.5 Å². The van der Waals surface area contributed by atoms with E-state index in [1.165, 1.54) is 0 Å². The number of aryl methyl sites for hydroxylation is 1. The molecule has 9 heteroatoms. The van der Waals surface area contributed by atoms with Crippen LogP contribution in [0.5, 0.6) is 0 Å². The van der Waals surface area contributed by atoms with Crippen LogP contribution in [-0.4, -0.2) is 24.8 Å². The van der Waals surface area contributed by atoms with Crippen molar-refractivity contribution in [1.82, 2.24) is 10.1 Å². The molecule has 0 bridgehead atoms. The van der Waals surface area contributed by atoms with Crippen LogP contribution in [0.4, 0.5) is 13.2 Å². The summed E-state index contributed by atoms with van der Waals surface area (Å²) in [7, 11) is -3.97. The lowest BCUT2D eigenvalue weighted by molar-refractivity contribution is 0.332. The van der Waals surface area contributed by atoms with Crippen LogP contribution in [0.15, 0.2) is 39.8 Å². The van der Waals surface area contributed by atoms with Gasteiger partial charge in [0.15, 0.2) is 22.3 Å². The molecule has 0 radical (unpaired) electrons. The Balaban J connectivity index is 2.28. The minimum absolute atomic E-state index is 0.0340. The second-order valence-electron chi connectivity index (χ2n) is 5.66. The summed E-state index contributed by atoms with van der Waals surface area (Å²) in [5, 5.41) is 3.73. The first-order valence-electron chi connectivity index (χ1n) is 7.40. The number of aromatic nitrogens is 2. The maximum Gasteiger partial charge on any atom is 0.178 e. The van der Waals surface area contributed by atoms with Crippen molar-refractivity contribution in [2.75, 3.05) is 6.26 Å². The smallest absolute Gasteiger partial charge is 0.178 e. The van der Waals surface area contributed by atoms with E-state index >= 15 is 0 Å². The van der Waals surface area contributed by atoms with E-state index in [2.05, 4.69) is 10.1 Å². The van der Waals surface area contributed by atoms with E-state index in [1.807, 2.05) is 0 Å². The minimum atomic E-state index is -3.97. The SMILES string of the molecule is Cc1cccc(-c2noc(CF)c2-c2cc(F)c(S(C)(=O)=O)cc2F)n1. The van der Waals surface area contributed by atoms with E-state index in [0.717, 1.165) is 6.26 Å². The van der Waals surface area contributed by atoms with Crippen LogP contribution < -0.4 is 0 Å². The largest absolute Gasteiger partial charge is 0.357 e. The van der Waals surface area contributed by atoms with Gasteiger partial charge in [0.25, 0.3) is 0 Å². The quantitative estimate of drug-likeness (QED) is 0.685. The molecular formula is C17H13F3N2O3S. The Morgan fingerprint density at radius 3 is 2.50 bits per heavy atom. The van der Waals surface area contributed by atoms with Crippen molar-refractivity contribution in [3.63, 3.8) is 0 Å². The average molecular weight is 382 g/mol. The zero-order valence-electron chi connectivity index (χ0n) is 13.8. The van der Waals surface area contributed by atoms with Gasteiger partial charge < -0.3 is 4.52 Å². The van der Waals surface area contributed by atoms with E-state index in [9.17, 15) is 21.6 Å². The molecule has 26 heavy (non-hydrogen) atoms. The fourth-order valence-electron chi connectivity index (χ4n) is 2.55. The summed E-state index contributed by atoms with van der Waals surface area (Å²) in [6, 6.07) is 6.21. The third kappa shape index (κ3) is 3.22. The lowest BCUT2D eigenvalue weighted by atomic mass is 10.0. The molecule has 1 aromatic carbocycles. The van der Waals surface area contributed by atoms with Crippen LogP contribution in [0, 0.1) is 18.6 Å². The van der Waals surface area contributed by atoms with Gasteiger partial charge in [0.05, 0.1) is 11.3 Å². The molecule has 3 rings (SSSR count). The van der Waals surface area contributed by atoms with Crippen molar-refractivity contribution in [3.8, 4) is 22.5 Å². The molecule has 0 aliphatic rings. The highest BCUT2D eigenvalue weighted by Crippen LogP contribution is 2.37. The zero-order valence-corrected chi connectivity index (χ0v) is 14.6. The second kappa shape index (κ2) is 6.56. The molecule has 2 aromatic heterocycles. The number of halogens is 3. The van der Waals surface area contributed by atoms with Gasteiger partial charge in [-0.25, -0.2) is 21.6 Å². The summed E-state index contributed by atoms with van der Waals surface area (Å²) in [4.78, 5) is 3.44. The van der Waals surface area contributed by atoms with Crippen LogP contribution >= 0.6 is 0 Å². The standard InChI is InChI=1S/C17H13F3N2O3S/c1-9-4-3-5-13(21-9)17-16(14(8-18)25-22-17)10-6-12(20)15(7-11(10)19)26(2,23)24/h3-7H,8H2,1-2H3. The van der Waals surface area contributed by atoms with Crippen LogP contribution in [0.1, 0.15) is 11.5 Å². The Labute approximate surface area is 147 Å². The van der Waals surface area contributed by atoms with Gasteiger partial charge >= 0.3 is 0 Å². The van der Waals surface area contributed by atoms with Gasteiger partial charge in [-0.15, -0.1) is 0 Å². The second-order valence-corrected chi connectivity index (χ2v) is 7.65. The number of alkyl halides is 1. The topological polar surface area (TPSA) is 73.1 Å². The lowest BCUT2D eigenvalue weighted by Crippen LogP contribution is -2.03. The van der Waals surface area contributed by atoms with Gasteiger partial charge in [-0.05, 0) is 31.2 Å². The molecule has 0 saturated heterocycles. The first-order valence-corrected chi connectivity index (χ1v) is 9.29. The van der Waals surface area contributed by atoms with Gasteiger partial charge in [0.1, 0.15) is 22.2 Å². The molecule has 0 aliphatic heterocycles. The number of pyridine rings is 1. The van der Waals surface area contributed by atoms with E-state index < -0.39 is 33.0 Å². The first kappa shape index (κ1) is 18.1. The Kier molecular flexibility index (Phi) is 4.57. The normalized spacial score (nSPS) is 11.7. The zero-order chi connectivity index (χ0) is 19.1. The molecule has 136 valence electrons. The van der Waals surface area contributed by atoms with Gasteiger partial charge in [0.2, 0.25) is 0 Å². The molecule has 0 saturated carbocycles. The maximum absolute atomic E-state index is 14.6. The predicted molar refractivity (Wildman–Crippen MR) is 87.7 cm³/mol. The molecular weight excluding hydrogens is 369 g/mol. The van der Waals surface area contributed by atoms with Gasteiger partial charge in [0, 0.05) is 17.5 Å². The molecule has 0 N–H and O–H groups in total. The number of hydrogen-bond acceptors (Lipinski definition) is 5. The van der Waals surface area contributed by atoms with Gasteiger partial charge in [-0.3, -0.25) is 4.98 Å². The molecule has 0 fully saturated rings. The fourth-order valence-corrected chi connectivity index (χ4v) is 3.28. The van der Waals surface area contributed by atoms with Crippen LogP contribution in [-0.2, 0) is 16.5 Å². The van der Waals surface area contributed by atoms with Crippen LogP contribution in [0.3, 0.4) is 0 Å². The van der Waals surface area contributed by atoms with E-state index in [4.69, 9.17) is 4.52 Å². The summed E-state index contributed by atoms with van der Waals surface area (Å²) >= 11 is 0. The van der Waals surface area contributed by atoms with Crippen molar-refractivity contribution in [1.29, 1.82) is 0 Å².